The van der Waals surface area contributed by atoms with Crippen LogP contribution in [0.15, 0.2) is 18.2 Å². The molecule has 1 aromatic rings. The van der Waals surface area contributed by atoms with Gasteiger partial charge in [-0.2, -0.15) is 0 Å². The van der Waals surface area contributed by atoms with Crippen molar-refractivity contribution in [3.8, 4) is 0 Å². The topological polar surface area (TPSA) is 122 Å². The highest BCUT2D eigenvalue weighted by molar-refractivity contribution is 5.94. The minimum Gasteiger partial charge on any atom is -0.478 e. The van der Waals surface area contributed by atoms with Crippen molar-refractivity contribution < 1.29 is 19.6 Å². The van der Waals surface area contributed by atoms with Crippen molar-refractivity contribution in [2.45, 2.75) is 0 Å². The van der Waals surface area contributed by atoms with E-state index < -0.39 is 22.6 Å². The van der Waals surface area contributed by atoms with Crippen molar-refractivity contribution in [3.63, 3.8) is 0 Å². The van der Waals surface area contributed by atoms with Crippen LogP contribution in [0.3, 0.4) is 0 Å². The third kappa shape index (κ3) is 2.91. The van der Waals surface area contributed by atoms with Crippen LogP contribution in [0, 0.1) is 10.1 Å². The van der Waals surface area contributed by atoms with E-state index in [1.807, 2.05) is 0 Å². The Labute approximate surface area is 95.4 Å². The Morgan fingerprint density at radius 3 is 2.53 bits per heavy atom. The molecule has 3 N–H and O–H groups in total. The number of hydrogen-bond donors (Lipinski definition) is 3. The maximum absolute atomic E-state index is 11.0. The van der Waals surface area contributed by atoms with Gasteiger partial charge in [0, 0.05) is 13.1 Å². The molecule has 8 nitrogen and oxygen atoms in total. The fraction of sp³-hybridized carbons (Fsp3) is 0.111. The van der Waals surface area contributed by atoms with Crippen molar-refractivity contribution in [1.29, 1.82) is 0 Å². The number of rotatable bonds is 3. The van der Waals surface area contributed by atoms with Crippen LogP contribution in [0.5, 0.6) is 0 Å². The van der Waals surface area contributed by atoms with Gasteiger partial charge in [-0.15, -0.1) is 0 Å². The lowest BCUT2D eigenvalue weighted by Crippen LogP contribution is -2.24. The highest BCUT2D eigenvalue weighted by atomic mass is 16.6. The SMILES string of the molecule is CNC(=O)Nc1ccc(C(=O)O)cc1[N+](=O)[O-]. The van der Waals surface area contributed by atoms with Crippen molar-refractivity contribution >= 4 is 23.4 Å². The number of anilines is 1. The summed E-state index contributed by atoms with van der Waals surface area (Å²) in [7, 11) is 1.35. The van der Waals surface area contributed by atoms with Gasteiger partial charge in [0.2, 0.25) is 0 Å². The number of benzene rings is 1. The number of hydrogen-bond acceptors (Lipinski definition) is 4. The number of nitro benzene ring substituents is 1. The molecule has 90 valence electrons. The van der Waals surface area contributed by atoms with Gasteiger partial charge in [-0.25, -0.2) is 9.59 Å². The van der Waals surface area contributed by atoms with Gasteiger partial charge in [-0.3, -0.25) is 10.1 Å². The Balaban J connectivity index is 3.17. The van der Waals surface area contributed by atoms with Crippen LogP contribution < -0.4 is 10.6 Å². The van der Waals surface area contributed by atoms with Crippen LogP contribution in [0.4, 0.5) is 16.2 Å². The van der Waals surface area contributed by atoms with Crippen molar-refractivity contribution in [2.24, 2.45) is 0 Å². The molecule has 17 heavy (non-hydrogen) atoms. The van der Waals surface area contributed by atoms with Crippen molar-refractivity contribution in [3.05, 3.63) is 33.9 Å². The summed E-state index contributed by atoms with van der Waals surface area (Å²) in [5.74, 6) is -1.28. The summed E-state index contributed by atoms with van der Waals surface area (Å²) in [5.41, 5.74) is -0.771. The molecule has 2 amide bonds. The molecule has 0 saturated carbocycles. The van der Waals surface area contributed by atoms with Gasteiger partial charge < -0.3 is 15.7 Å². The lowest BCUT2D eigenvalue weighted by molar-refractivity contribution is -0.383. The highest BCUT2D eigenvalue weighted by Gasteiger charge is 2.18. The summed E-state index contributed by atoms with van der Waals surface area (Å²) >= 11 is 0. The van der Waals surface area contributed by atoms with Gasteiger partial charge in [0.05, 0.1) is 10.5 Å². The number of nitrogens with one attached hydrogen (secondary N) is 2. The first kappa shape index (κ1) is 12.4. The predicted molar refractivity (Wildman–Crippen MR) is 58.1 cm³/mol. The molecular formula is C9H9N3O5. The number of aromatic carboxylic acids is 1. The van der Waals surface area contributed by atoms with Crippen LogP contribution >= 0.6 is 0 Å². The molecule has 0 aliphatic rings. The van der Waals surface area contributed by atoms with Crippen LogP contribution in [0.25, 0.3) is 0 Å². The molecule has 0 aromatic heterocycles. The maximum Gasteiger partial charge on any atom is 0.335 e. The zero-order valence-electron chi connectivity index (χ0n) is 8.76. The molecule has 0 unspecified atom stereocenters. The normalized spacial score (nSPS) is 9.47. The van der Waals surface area contributed by atoms with E-state index in [4.69, 9.17) is 5.11 Å². The number of amides is 2. The van der Waals surface area contributed by atoms with E-state index in [1.165, 1.54) is 13.1 Å². The molecule has 0 fully saturated rings. The van der Waals surface area contributed by atoms with Crippen LogP contribution in [0.2, 0.25) is 0 Å². The molecule has 1 rings (SSSR count). The second-order valence-electron chi connectivity index (χ2n) is 3.00. The van der Waals surface area contributed by atoms with E-state index in [-0.39, 0.29) is 11.3 Å². The minimum atomic E-state index is -1.28. The molecule has 0 radical (unpaired) electrons. The summed E-state index contributed by atoms with van der Waals surface area (Å²) in [4.78, 5) is 31.6. The number of carbonyl (C=O) groups is 2. The summed E-state index contributed by atoms with van der Waals surface area (Å²) < 4.78 is 0. The number of urea groups is 1. The molecule has 0 atom stereocenters. The lowest BCUT2D eigenvalue weighted by Gasteiger charge is -2.05. The van der Waals surface area contributed by atoms with Gasteiger partial charge in [-0.1, -0.05) is 0 Å². The lowest BCUT2D eigenvalue weighted by atomic mass is 10.2. The monoisotopic (exact) mass is 239 g/mol. The first-order valence-corrected chi connectivity index (χ1v) is 4.46. The number of carboxylic acid groups (broad SMARTS) is 1. The molecule has 0 aliphatic carbocycles. The van der Waals surface area contributed by atoms with Gasteiger partial charge in [0.1, 0.15) is 5.69 Å². The Hall–Kier alpha value is -2.64. The summed E-state index contributed by atoms with van der Waals surface area (Å²) in [6.07, 6.45) is 0. The standard InChI is InChI=1S/C9H9N3O5/c1-10-9(15)11-6-3-2-5(8(13)14)4-7(6)12(16)17/h2-4H,1H3,(H,13,14)(H2,10,11,15). The molecule has 0 heterocycles. The van der Waals surface area contributed by atoms with Crippen LogP contribution in [0.1, 0.15) is 10.4 Å². The van der Waals surface area contributed by atoms with Gasteiger partial charge in [0.15, 0.2) is 0 Å². The summed E-state index contributed by atoms with van der Waals surface area (Å²) in [6, 6.07) is 2.58. The van der Waals surface area contributed by atoms with Crippen molar-refractivity contribution in [2.75, 3.05) is 12.4 Å². The second kappa shape index (κ2) is 4.92. The van der Waals surface area contributed by atoms with E-state index in [2.05, 4.69) is 10.6 Å². The zero-order chi connectivity index (χ0) is 13.0. The third-order valence-corrected chi connectivity index (χ3v) is 1.92. The van der Waals surface area contributed by atoms with E-state index in [0.717, 1.165) is 12.1 Å². The van der Waals surface area contributed by atoms with Crippen LogP contribution in [-0.2, 0) is 0 Å². The smallest absolute Gasteiger partial charge is 0.335 e. The number of nitro groups is 1. The fourth-order valence-corrected chi connectivity index (χ4v) is 1.11. The van der Waals surface area contributed by atoms with Gasteiger partial charge >= 0.3 is 12.0 Å². The Bertz CT molecular complexity index is 486. The van der Waals surface area contributed by atoms with Crippen LogP contribution in [-0.4, -0.2) is 29.1 Å². The number of carboxylic acids is 1. The molecule has 8 heteroatoms. The third-order valence-electron chi connectivity index (χ3n) is 1.92. The van der Waals surface area contributed by atoms with E-state index in [0.29, 0.717) is 0 Å². The second-order valence-corrected chi connectivity index (χ2v) is 3.00. The summed E-state index contributed by atoms with van der Waals surface area (Å²) in [6.45, 7) is 0. The van der Waals surface area contributed by atoms with Gasteiger partial charge in [-0.05, 0) is 12.1 Å². The van der Waals surface area contributed by atoms with Crippen molar-refractivity contribution in [1.82, 2.24) is 5.32 Å². The molecule has 0 spiro atoms. The largest absolute Gasteiger partial charge is 0.478 e. The molecular weight excluding hydrogens is 230 g/mol. The highest BCUT2D eigenvalue weighted by Crippen LogP contribution is 2.25. The molecule has 0 aliphatic heterocycles. The first-order chi connectivity index (χ1) is 7.95. The quantitative estimate of drug-likeness (QED) is 0.537. The number of nitrogens with zero attached hydrogens (tertiary/aromatic N) is 1. The summed E-state index contributed by atoms with van der Waals surface area (Å²) in [5, 5.41) is 23.8. The Morgan fingerprint density at radius 2 is 2.06 bits per heavy atom. The maximum atomic E-state index is 11.0. The molecule has 0 saturated heterocycles. The predicted octanol–water partition coefficient (Wildman–Crippen LogP) is 1.04. The van der Waals surface area contributed by atoms with E-state index >= 15 is 0 Å². The Kier molecular flexibility index (Phi) is 3.60. The Morgan fingerprint density at radius 1 is 1.41 bits per heavy atom. The average Bonchev–Trinajstić information content (AvgIpc) is 2.28. The minimum absolute atomic E-state index is 0.0700. The molecule has 1 aromatic carbocycles. The molecule has 0 bridgehead atoms. The average molecular weight is 239 g/mol. The van der Waals surface area contributed by atoms with E-state index in [9.17, 15) is 19.7 Å². The number of carbonyl (C=O) groups excluding carboxylic acids is 1. The zero-order valence-corrected chi connectivity index (χ0v) is 8.76. The van der Waals surface area contributed by atoms with Gasteiger partial charge in [0.25, 0.3) is 5.69 Å². The first-order valence-electron chi connectivity index (χ1n) is 4.46. The fourth-order valence-electron chi connectivity index (χ4n) is 1.11. The van der Waals surface area contributed by atoms with E-state index in [1.54, 1.807) is 0 Å².